The Hall–Kier alpha value is -2.67. The third-order valence-corrected chi connectivity index (χ3v) is 6.05. The number of aryl methyl sites for hydroxylation is 2. The van der Waals surface area contributed by atoms with Crippen LogP contribution in [0.1, 0.15) is 17.9 Å². The van der Waals surface area contributed by atoms with Crippen LogP contribution in [-0.4, -0.2) is 63.1 Å². The first-order valence-electron chi connectivity index (χ1n) is 10.3. The molecule has 0 radical (unpaired) electrons. The molecule has 1 aromatic carbocycles. The first-order valence-corrected chi connectivity index (χ1v) is 11.3. The summed E-state index contributed by atoms with van der Waals surface area (Å²) in [5.41, 5.74) is 1.04. The lowest BCUT2D eigenvalue weighted by Gasteiger charge is -2.28. The van der Waals surface area contributed by atoms with Crippen LogP contribution in [0.2, 0.25) is 0 Å². The number of nitrogens with zero attached hydrogens (tertiary/aromatic N) is 6. The number of anilines is 1. The molecule has 1 aliphatic rings. The molecule has 33 heavy (non-hydrogen) atoms. The van der Waals surface area contributed by atoms with Crippen LogP contribution in [0.5, 0.6) is 0 Å². The molecule has 178 valence electrons. The smallest absolute Gasteiger partial charge is 0.378 e. The fraction of sp³-hybridized carbons (Fsp3) is 0.500. The lowest BCUT2D eigenvalue weighted by molar-refractivity contribution is -0.141. The van der Waals surface area contributed by atoms with E-state index >= 15 is 0 Å². The van der Waals surface area contributed by atoms with Crippen LogP contribution in [0, 0.1) is 12.7 Å². The summed E-state index contributed by atoms with van der Waals surface area (Å²) in [5, 5.41) is 12.1. The molecule has 1 aliphatic heterocycles. The highest BCUT2D eigenvalue weighted by Crippen LogP contribution is 2.28. The molecule has 2 aromatic heterocycles. The summed E-state index contributed by atoms with van der Waals surface area (Å²) in [7, 11) is 0. The molecule has 0 unspecified atom stereocenters. The van der Waals surface area contributed by atoms with Gasteiger partial charge in [-0.2, -0.15) is 18.2 Å². The van der Waals surface area contributed by atoms with Crippen LogP contribution >= 0.6 is 11.8 Å². The van der Waals surface area contributed by atoms with Crippen LogP contribution in [0.3, 0.4) is 0 Å². The SMILES string of the molecule is Cc1ccc(-c2noc(CCCSc3nnc(N4CCOCC4)n3CC(F)(F)F)n2)cc1F. The van der Waals surface area contributed by atoms with Crippen LogP contribution in [-0.2, 0) is 17.7 Å². The highest BCUT2D eigenvalue weighted by Gasteiger charge is 2.32. The van der Waals surface area contributed by atoms with E-state index in [1.807, 2.05) is 0 Å². The summed E-state index contributed by atoms with van der Waals surface area (Å²) in [6, 6.07) is 4.70. The van der Waals surface area contributed by atoms with Crippen molar-refractivity contribution < 1.29 is 26.8 Å². The average molecular weight is 486 g/mol. The summed E-state index contributed by atoms with van der Waals surface area (Å²) < 4.78 is 64.8. The van der Waals surface area contributed by atoms with Gasteiger partial charge in [-0.25, -0.2) is 4.39 Å². The lowest BCUT2D eigenvalue weighted by atomic mass is 10.1. The molecule has 0 N–H and O–H groups in total. The van der Waals surface area contributed by atoms with Gasteiger partial charge in [0.15, 0.2) is 5.16 Å². The van der Waals surface area contributed by atoms with Gasteiger partial charge in [0.25, 0.3) is 0 Å². The lowest BCUT2D eigenvalue weighted by Crippen LogP contribution is -2.38. The zero-order valence-corrected chi connectivity index (χ0v) is 18.6. The van der Waals surface area contributed by atoms with Gasteiger partial charge < -0.3 is 14.2 Å². The van der Waals surface area contributed by atoms with Gasteiger partial charge in [0.1, 0.15) is 12.4 Å². The number of morpholine rings is 1. The monoisotopic (exact) mass is 486 g/mol. The molecular formula is C20H22F4N6O2S. The second kappa shape index (κ2) is 10.1. The number of alkyl halides is 3. The van der Waals surface area contributed by atoms with Crippen molar-refractivity contribution in [2.75, 3.05) is 37.0 Å². The standard InChI is InChI=1S/C20H22F4N6O2S/c1-13-4-5-14(11-15(13)21)17-25-16(32-28-17)3-2-10-33-19-27-26-18(29-6-8-31-9-7-29)30(19)12-20(22,23)24/h4-5,11H,2-3,6-10,12H2,1H3. The van der Waals surface area contributed by atoms with Gasteiger partial charge in [0.05, 0.1) is 13.2 Å². The van der Waals surface area contributed by atoms with Gasteiger partial charge >= 0.3 is 6.18 Å². The van der Waals surface area contributed by atoms with Gasteiger partial charge in [-0.05, 0) is 25.0 Å². The summed E-state index contributed by atoms with van der Waals surface area (Å²) in [4.78, 5) is 6.02. The molecule has 0 spiro atoms. The van der Waals surface area contributed by atoms with Crippen LogP contribution in [0.15, 0.2) is 27.9 Å². The van der Waals surface area contributed by atoms with Crippen molar-refractivity contribution in [3.05, 3.63) is 35.5 Å². The van der Waals surface area contributed by atoms with E-state index in [2.05, 4.69) is 20.3 Å². The predicted molar refractivity (Wildman–Crippen MR) is 113 cm³/mol. The van der Waals surface area contributed by atoms with Crippen molar-refractivity contribution >= 4 is 17.7 Å². The Morgan fingerprint density at radius 2 is 1.94 bits per heavy atom. The number of thioether (sulfide) groups is 1. The van der Waals surface area contributed by atoms with E-state index in [1.165, 1.54) is 17.8 Å². The second-order valence-corrected chi connectivity index (χ2v) is 8.57. The molecule has 3 aromatic rings. The Labute approximate surface area is 191 Å². The fourth-order valence-electron chi connectivity index (χ4n) is 3.30. The minimum atomic E-state index is -4.39. The fourth-order valence-corrected chi connectivity index (χ4v) is 4.17. The molecule has 1 fully saturated rings. The molecule has 1 saturated heterocycles. The van der Waals surface area contributed by atoms with Gasteiger partial charge in [-0.3, -0.25) is 4.57 Å². The third-order valence-electron chi connectivity index (χ3n) is 4.99. The molecule has 8 nitrogen and oxygen atoms in total. The second-order valence-electron chi connectivity index (χ2n) is 7.51. The maximum Gasteiger partial charge on any atom is 0.406 e. The first kappa shape index (κ1) is 23.5. The number of halogens is 4. The molecule has 13 heteroatoms. The molecule has 0 amide bonds. The van der Waals surface area contributed by atoms with Gasteiger partial charge in [-0.1, -0.05) is 29.1 Å². The van der Waals surface area contributed by atoms with E-state index < -0.39 is 12.7 Å². The highest BCUT2D eigenvalue weighted by molar-refractivity contribution is 7.99. The Morgan fingerprint density at radius 3 is 2.67 bits per heavy atom. The van der Waals surface area contributed by atoms with E-state index in [0.29, 0.717) is 61.9 Å². The van der Waals surface area contributed by atoms with Crippen molar-refractivity contribution in [3.63, 3.8) is 0 Å². The van der Waals surface area contributed by atoms with Crippen LogP contribution in [0.4, 0.5) is 23.5 Å². The van der Waals surface area contributed by atoms with Crippen molar-refractivity contribution in [3.8, 4) is 11.4 Å². The number of rotatable bonds is 8. The van der Waals surface area contributed by atoms with Gasteiger partial charge in [-0.15, -0.1) is 10.2 Å². The van der Waals surface area contributed by atoms with Crippen molar-refractivity contribution in [1.82, 2.24) is 24.9 Å². The Kier molecular flexibility index (Phi) is 7.17. The minimum absolute atomic E-state index is 0.199. The number of aromatic nitrogens is 5. The molecule has 0 aliphatic carbocycles. The zero-order valence-electron chi connectivity index (χ0n) is 17.8. The molecule has 3 heterocycles. The number of hydrogen-bond acceptors (Lipinski definition) is 8. The quantitative estimate of drug-likeness (QED) is 0.269. The van der Waals surface area contributed by atoms with E-state index in [-0.39, 0.29) is 22.7 Å². The molecule has 4 rings (SSSR count). The third kappa shape index (κ3) is 6.02. The summed E-state index contributed by atoms with van der Waals surface area (Å²) in [6.07, 6.45) is -3.40. The Balaban J connectivity index is 1.36. The average Bonchev–Trinajstić information content (AvgIpc) is 3.40. The molecule has 0 bridgehead atoms. The largest absolute Gasteiger partial charge is 0.406 e. The van der Waals surface area contributed by atoms with E-state index in [0.717, 1.165) is 4.57 Å². The van der Waals surface area contributed by atoms with E-state index in [9.17, 15) is 17.6 Å². The maximum atomic E-state index is 13.8. The Morgan fingerprint density at radius 1 is 1.15 bits per heavy atom. The zero-order chi connectivity index (χ0) is 23.4. The van der Waals surface area contributed by atoms with Crippen molar-refractivity contribution in [1.29, 1.82) is 0 Å². The number of benzene rings is 1. The molecule has 0 saturated carbocycles. The van der Waals surface area contributed by atoms with Crippen molar-refractivity contribution in [2.24, 2.45) is 0 Å². The first-order chi connectivity index (χ1) is 15.8. The highest BCUT2D eigenvalue weighted by atomic mass is 32.2. The summed E-state index contributed by atoms with van der Waals surface area (Å²) in [6.45, 7) is 2.30. The Bertz CT molecular complexity index is 1080. The van der Waals surface area contributed by atoms with Gasteiger partial charge in [0.2, 0.25) is 17.7 Å². The van der Waals surface area contributed by atoms with E-state index in [4.69, 9.17) is 9.26 Å². The van der Waals surface area contributed by atoms with Crippen LogP contribution < -0.4 is 4.90 Å². The van der Waals surface area contributed by atoms with Crippen molar-refractivity contribution in [2.45, 2.75) is 37.6 Å². The predicted octanol–water partition coefficient (Wildman–Crippen LogP) is 3.90. The number of hydrogen-bond donors (Lipinski definition) is 0. The van der Waals surface area contributed by atoms with Gasteiger partial charge in [0, 0.05) is 30.8 Å². The van der Waals surface area contributed by atoms with E-state index in [1.54, 1.807) is 24.0 Å². The van der Waals surface area contributed by atoms with Crippen LogP contribution in [0.25, 0.3) is 11.4 Å². The summed E-state index contributed by atoms with van der Waals surface area (Å²) >= 11 is 1.19. The molecule has 0 atom stereocenters. The topological polar surface area (TPSA) is 82.1 Å². The normalized spacial score (nSPS) is 14.8. The maximum absolute atomic E-state index is 13.8. The summed E-state index contributed by atoms with van der Waals surface area (Å²) in [5.74, 6) is 0.990. The molecular weight excluding hydrogens is 464 g/mol. The minimum Gasteiger partial charge on any atom is -0.378 e. The number of ether oxygens (including phenoxy) is 1.